The Hall–Kier alpha value is -1.59. The molecule has 1 atom stereocenters. The van der Waals surface area contributed by atoms with E-state index in [2.05, 4.69) is 15.5 Å². The summed E-state index contributed by atoms with van der Waals surface area (Å²) in [4.78, 5) is 14.0. The zero-order chi connectivity index (χ0) is 15.0. The maximum Gasteiger partial charge on any atom is 0.228 e. The molecule has 1 aromatic carbocycles. The predicted octanol–water partition coefficient (Wildman–Crippen LogP) is 1.42. The summed E-state index contributed by atoms with van der Waals surface area (Å²) in [5, 5.41) is 5.89. The van der Waals surface area contributed by atoms with E-state index in [0.717, 1.165) is 18.0 Å². The minimum absolute atomic E-state index is 0.00444. The number of carbonyl (C=O) groups excluding carboxylic acids is 1. The topological polar surface area (TPSA) is 53.6 Å². The highest BCUT2D eigenvalue weighted by Crippen LogP contribution is 2.17. The van der Waals surface area contributed by atoms with Crippen LogP contribution in [0, 0.1) is 5.92 Å². The molecule has 20 heavy (non-hydrogen) atoms. The molecular weight excluding hydrogens is 254 g/mol. The molecule has 0 heterocycles. The zero-order valence-corrected chi connectivity index (χ0v) is 12.8. The Morgan fingerprint density at radius 1 is 1.40 bits per heavy atom. The maximum absolute atomic E-state index is 11.9. The molecule has 5 nitrogen and oxygen atoms in total. The highest BCUT2D eigenvalue weighted by molar-refractivity contribution is 5.92. The fourth-order valence-electron chi connectivity index (χ4n) is 1.67. The van der Waals surface area contributed by atoms with Gasteiger partial charge in [-0.25, -0.2) is 0 Å². The van der Waals surface area contributed by atoms with Crippen molar-refractivity contribution < 1.29 is 9.53 Å². The molecule has 112 valence electrons. The lowest BCUT2D eigenvalue weighted by molar-refractivity contribution is -0.119. The maximum atomic E-state index is 11.9. The van der Waals surface area contributed by atoms with Crippen molar-refractivity contribution in [2.75, 3.05) is 46.2 Å². The van der Waals surface area contributed by atoms with Crippen LogP contribution in [0.1, 0.15) is 6.92 Å². The summed E-state index contributed by atoms with van der Waals surface area (Å²) in [6.07, 6.45) is 0. The Labute approximate surface area is 121 Å². The Balaban J connectivity index is 2.52. The first-order chi connectivity index (χ1) is 9.52. The van der Waals surface area contributed by atoms with Gasteiger partial charge >= 0.3 is 0 Å². The van der Waals surface area contributed by atoms with Crippen molar-refractivity contribution in [1.29, 1.82) is 0 Å². The van der Waals surface area contributed by atoms with E-state index in [9.17, 15) is 4.79 Å². The van der Waals surface area contributed by atoms with Crippen LogP contribution in [-0.4, -0.2) is 51.6 Å². The Morgan fingerprint density at radius 2 is 2.15 bits per heavy atom. The number of likely N-dealkylation sites (N-methyl/N-ethyl adjacent to an activating group) is 1. The second kappa shape index (κ2) is 8.55. The Morgan fingerprint density at radius 3 is 2.80 bits per heavy atom. The molecule has 0 radical (unpaired) electrons. The lowest BCUT2D eigenvalue weighted by Crippen LogP contribution is -2.28. The minimum Gasteiger partial charge on any atom is -0.492 e. The number of benzene rings is 1. The summed E-state index contributed by atoms with van der Waals surface area (Å²) in [6.45, 7) is 4.03. The number of nitrogens with zero attached hydrogens (tertiary/aromatic N) is 1. The smallest absolute Gasteiger partial charge is 0.228 e. The van der Waals surface area contributed by atoms with E-state index >= 15 is 0 Å². The third kappa shape index (κ3) is 6.04. The predicted molar refractivity (Wildman–Crippen MR) is 82.2 cm³/mol. The third-order valence-electron chi connectivity index (χ3n) is 2.87. The Bertz CT molecular complexity index is 421. The number of ether oxygens (including phenoxy) is 1. The molecule has 0 aliphatic carbocycles. The van der Waals surface area contributed by atoms with Gasteiger partial charge in [-0.2, -0.15) is 0 Å². The summed E-state index contributed by atoms with van der Waals surface area (Å²) in [6, 6.07) is 7.48. The highest BCUT2D eigenvalue weighted by Gasteiger charge is 2.11. The van der Waals surface area contributed by atoms with Gasteiger partial charge in [-0.05, 0) is 33.3 Å². The van der Waals surface area contributed by atoms with Gasteiger partial charge in [0.15, 0.2) is 0 Å². The molecule has 5 heteroatoms. The molecule has 0 saturated heterocycles. The first kappa shape index (κ1) is 16.5. The number of nitrogens with one attached hydrogen (secondary N) is 2. The van der Waals surface area contributed by atoms with Crippen LogP contribution in [-0.2, 0) is 4.79 Å². The number of hydrogen-bond donors (Lipinski definition) is 2. The SMILES string of the molecule is CNCC(C)C(=O)Nc1cccc(OCCN(C)C)c1. The van der Waals surface area contributed by atoms with Gasteiger partial charge in [0, 0.05) is 30.8 Å². The summed E-state index contributed by atoms with van der Waals surface area (Å²) in [5.74, 6) is 0.703. The van der Waals surface area contributed by atoms with Crippen LogP contribution in [0.5, 0.6) is 5.75 Å². The normalized spacial score (nSPS) is 12.2. The second-order valence-electron chi connectivity index (χ2n) is 5.13. The molecule has 0 saturated carbocycles. The monoisotopic (exact) mass is 279 g/mol. The highest BCUT2D eigenvalue weighted by atomic mass is 16.5. The van der Waals surface area contributed by atoms with Gasteiger partial charge in [-0.3, -0.25) is 4.79 Å². The van der Waals surface area contributed by atoms with Gasteiger partial charge in [0.1, 0.15) is 12.4 Å². The molecule has 1 amide bonds. The van der Waals surface area contributed by atoms with Crippen LogP contribution < -0.4 is 15.4 Å². The number of hydrogen-bond acceptors (Lipinski definition) is 4. The van der Waals surface area contributed by atoms with Gasteiger partial charge in [0.25, 0.3) is 0 Å². The third-order valence-corrected chi connectivity index (χ3v) is 2.87. The summed E-state index contributed by atoms with van der Waals surface area (Å²) in [5.41, 5.74) is 0.764. The molecule has 2 N–H and O–H groups in total. The molecule has 0 fully saturated rings. The average Bonchev–Trinajstić information content (AvgIpc) is 2.39. The molecule has 0 spiro atoms. The first-order valence-corrected chi connectivity index (χ1v) is 6.86. The molecule has 0 aromatic heterocycles. The van der Waals surface area contributed by atoms with Crippen LogP contribution in [0.2, 0.25) is 0 Å². The average molecular weight is 279 g/mol. The molecule has 0 aliphatic heterocycles. The quantitative estimate of drug-likeness (QED) is 0.756. The molecular formula is C15H25N3O2. The number of rotatable bonds is 8. The van der Waals surface area contributed by atoms with Crippen LogP contribution in [0.3, 0.4) is 0 Å². The van der Waals surface area contributed by atoms with Crippen molar-refractivity contribution in [3.8, 4) is 5.75 Å². The van der Waals surface area contributed by atoms with Gasteiger partial charge < -0.3 is 20.3 Å². The van der Waals surface area contributed by atoms with Crippen LogP contribution >= 0.6 is 0 Å². The lowest BCUT2D eigenvalue weighted by atomic mass is 10.1. The number of carbonyl (C=O) groups is 1. The van der Waals surface area contributed by atoms with Crippen molar-refractivity contribution >= 4 is 11.6 Å². The first-order valence-electron chi connectivity index (χ1n) is 6.86. The molecule has 1 unspecified atom stereocenters. The minimum atomic E-state index is -0.0710. The largest absolute Gasteiger partial charge is 0.492 e. The fraction of sp³-hybridized carbons (Fsp3) is 0.533. The standard InChI is InChI=1S/C15H25N3O2/c1-12(11-16-2)15(19)17-13-6-5-7-14(10-13)20-9-8-18(3)4/h5-7,10,12,16H,8-9,11H2,1-4H3,(H,17,19). The van der Waals surface area contributed by atoms with Crippen molar-refractivity contribution in [3.05, 3.63) is 24.3 Å². The summed E-state index contributed by atoms with van der Waals surface area (Å²) in [7, 11) is 5.84. The summed E-state index contributed by atoms with van der Waals surface area (Å²) >= 11 is 0. The number of anilines is 1. The van der Waals surface area contributed by atoms with Crippen molar-refractivity contribution in [1.82, 2.24) is 10.2 Å². The van der Waals surface area contributed by atoms with Crippen molar-refractivity contribution in [2.24, 2.45) is 5.92 Å². The van der Waals surface area contributed by atoms with E-state index in [1.165, 1.54) is 0 Å². The van der Waals surface area contributed by atoms with E-state index in [-0.39, 0.29) is 11.8 Å². The van der Waals surface area contributed by atoms with Gasteiger partial charge in [0.2, 0.25) is 5.91 Å². The van der Waals surface area contributed by atoms with E-state index in [1.807, 2.05) is 52.3 Å². The van der Waals surface area contributed by atoms with Crippen LogP contribution in [0.15, 0.2) is 24.3 Å². The molecule has 0 bridgehead atoms. The number of amides is 1. The van der Waals surface area contributed by atoms with E-state index in [1.54, 1.807) is 0 Å². The van der Waals surface area contributed by atoms with Gasteiger partial charge in [0.05, 0.1) is 0 Å². The molecule has 1 aromatic rings. The zero-order valence-electron chi connectivity index (χ0n) is 12.8. The van der Waals surface area contributed by atoms with E-state index in [0.29, 0.717) is 13.2 Å². The molecule has 1 rings (SSSR count). The second-order valence-corrected chi connectivity index (χ2v) is 5.13. The van der Waals surface area contributed by atoms with Gasteiger partial charge in [-0.1, -0.05) is 13.0 Å². The van der Waals surface area contributed by atoms with E-state index < -0.39 is 0 Å². The molecule has 0 aliphatic rings. The fourth-order valence-corrected chi connectivity index (χ4v) is 1.67. The lowest BCUT2D eigenvalue weighted by Gasteiger charge is -2.14. The van der Waals surface area contributed by atoms with E-state index in [4.69, 9.17) is 4.74 Å². The van der Waals surface area contributed by atoms with Crippen LogP contribution in [0.4, 0.5) is 5.69 Å². The summed E-state index contributed by atoms with van der Waals surface area (Å²) < 4.78 is 5.64. The van der Waals surface area contributed by atoms with Crippen molar-refractivity contribution in [2.45, 2.75) is 6.92 Å². The van der Waals surface area contributed by atoms with Gasteiger partial charge in [-0.15, -0.1) is 0 Å². The van der Waals surface area contributed by atoms with Crippen molar-refractivity contribution in [3.63, 3.8) is 0 Å². The van der Waals surface area contributed by atoms with Crippen LogP contribution in [0.25, 0.3) is 0 Å². The Kier molecular flexibility index (Phi) is 7.04.